The van der Waals surface area contributed by atoms with E-state index in [1.165, 1.54) is 25.3 Å². The number of nitrogens with zero attached hydrogens (tertiary/aromatic N) is 1. The number of carbonyl (C=O) groups is 1. The lowest BCUT2D eigenvalue weighted by Crippen LogP contribution is -2.24. The van der Waals surface area contributed by atoms with Crippen LogP contribution < -0.4 is 10.1 Å². The Kier molecular flexibility index (Phi) is 5.10. The summed E-state index contributed by atoms with van der Waals surface area (Å²) < 4.78 is 18.8. The minimum Gasteiger partial charge on any atom is -0.496 e. The van der Waals surface area contributed by atoms with Crippen molar-refractivity contribution in [1.82, 2.24) is 0 Å². The van der Waals surface area contributed by atoms with E-state index in [2.05, 4.69) is 5.32 Å². The monoisotopic (exact) mass is 298 g/mol. The Morgan fingerprint density at radius 2 is 1.95 bits per heavy atom. The molecule has 1 atom stereocenters. The van der Waals surface area contributed by atoms with Gasteiger partial charge in [0.05, 0.1) is 18.9 Å². The molecule has 0 spiro atoms. The third-order valence-corrected chi connectivity index (χ3v) is 3.22. The molecule has 5 heteroatoms. The molecule has 0 unspecified atom stereocenters. The van der Waals surface area contributed by atoms with Crippen LogP contribution in [0.4, 0.5) is 10.1 Å². The van der Waals surface area contributed by atoms with Gasteiger partial charge in [0.1, 0.15) is 17.5 Å². The average Bonchev–Trinajstić information content (AvgIpc) is 2.55. The maximum atomic E-state index is 13.5. The first-order valence-corrected chi connectivity index (χ1v) is 6.72. The van der Waals surface area contributed by atoms with Crippen LogP contribution in [0.2, 0.25) is 0 Å². The number of rotatable bonds is 5. The predicted molar refractivity (Wildman–Crippen MR) is 80.8 cm³/mol. The van der Waals surface area contributed by atoms with Gasteiger partial charge in [-0.05, 0) is 23.8 Å². The predicted octanol–water partition coefficient (Wildman–Crippen LogP) is 3.16. The van der Waals surface area contributed by atoms with Crippen LogP contribution in [0.5, 0.6) is 5.75 Å². The molecule has 0 heterocycles. The van der Waals surface area contributed by atoms with E-state index in [0.29, 0.717) is 5.75 Å². The number of nitrogens with one attached hydrogen (secondary N) is 1. The van der Waals surface area contributed by atoms with E-state index in [1.807, 2.05) is 12.1 Å². The molecule has 0 saturated carbocycles. The summed E-state index contributed by atoms with van der Waals surface area (Å²) in [7, 11) is 1.53. The van der Waals surface area contributed by atoms with Gasteiger partial charge in [-0.2, -0.15) is 5.26 Å². The quantitative estimate of drug-likeness (QED) is 0.922. The number of carbonyl (C=O) groups excluding carboxylic acids is 1. The molecular weight excluding hydrogens is 283 g/mol. The van der Waals surface area contributed by atoms with Crippen LogP contribution in [0.25, 0.3) is 0 Å². The second-order valence-electron chi connectivity index (χ2n) is 4.67. The summed E-state index contributed by atoms with van der Waals surface area (Å²) in [6.45, 7) is 0. The highest BCUT2D eigenvalue weighted by atomic mass is 19.1. The summed E-state index contributed by atoms with van der Waals surface area (Å²) in [6.07, 6.45) is 0.195. The Labute approximate surface area is 128 Å². The van der Waals surface area contributed by atoms with Crippen molar-refractivity contribution < 1.29 is 13.9 Å². The number of hydrogen-bond acceptors (Lipinski definition) is 3. The zero-order valence-electron chi connectivity index (χ0n) is 12.0. The fourth-order valence-corrected chi connectivity index (χ4v) is 2.07. The summed E-state index contributed by atoms with van der Waals surface area (Å²) in [6, 6.07) is 15.0. The smallest absolute Gasteiger partial charge is 0.242 e. The molecule has 22 heavy (non-hydrogen) atoms. The molecule has 0 aromatic heterocycles. The number of amides is 1. The lowest BCUT2D eigenvalue weighted by atomic mass is 9.99. The maximum Gasteiger partial charge on any atom is 0.242 e. The number of nitriles is 1. The summed E-state index contributed by atoms with van der Waals surface area (Å²) in [5.41, 5.74) is 0.813. The first-order chi connectivity index (χ1) is 10.7. The van der Waals surface area contributed by atoms with Crippen molar-refractivity contribution in [2.45, 2.75) is 6.42 Å². The molecule has 0 fully saturated rings. The molecule has 0 aliphatic carbocycles. The average molecular weight is 298 g/mol. The van der Waals surface area contributed by atoms with E-state index < -0.39 is 17.6 Å². The van der Waals surface area contributed by atoms with Crippen LogP contribution in [-0.2, 0) is 11.2 Å². The van der Waals surface area contributed by atoms with Crippen molar-refractivity contribution in [1.29, 1.82) is 5.26 Å². The molecule has 0 aliphatic heterocycles. The van der Waals surface area contributed by atoms with Gasteiger partial charge in [-0.3, -0.25) is 4.79 Å². The molecule has 0 radical (unpaired) electrons. The van der Waals surface area contributed by atoms with E-state index in [0.717, 1.165) is 5.56 Å². The Morgan fingerprint density at radius 1 is 1.27 bits per heavy atom. The molecule has 2 aromatic rings. The molecule has 4 nitrogen and oxygen atoms in total. The first kappa shape index (κ1) is 15.5. The first-order valence-electron chi connectivity index (χ1n) is 6.72. The fraction of sp³-hybridized carbons (Fsp3) is 0.176. The number of anilines is 1. The molecule has 112 valence electrons. The van der Waals surface area contributed by atoms with E-state index in [4.69, 9.17) is 4.74 Å². The number of halogens is 1. The summed E-state index contributed by atoms with van der Waals surface area (Å²) >= 11 is 0. The molecule has 0 bridgehead atoms. The van der Waals surface area contributed by atoms with Gasteiger partial charge in [-0.1, -0.05) is 30.3 Å². The molecular formula is C17H15FN2O2. The number of methoxy groups -OCH3 is 1. The SMILES string of the molecule is COc1ccccc1C[C@@H](C#N)C(=O)Nc1ccccc1F. The second kappa shape index (κ2) is 7.23. The van der Waals surface area contributed by atoms with E-state index >= 15 is 0 Å². The molecule has 1 amide bonds. The van der Waals surface area contributed by atoms with Crippen molar-refractivity contribution >= 4 is 11.6 Å². The van der Waals surface area contributed by atoms with Crippen LogP contribution in [-0.4, -0.2) is 13.0 Å². The van der Waals surface area contributed by atoms with Crippen molar-refractivity contribution in [3.8, 4) is 11.8 Å². The number of benzene rings is 2. The van der Waals surface area contributed by atoms with Crippen molar-refractivity contribution in [3.63, 3.8) is 0 Å². The summed E-state index contributed by atoms with van der Waals surface area (Å²) in [5, 5.41) is 11.7. The standard InChI is InChI=1S/C17H15FN2O2/c1-22-16-9-5-2-6-12(16)10-13(11-19)17(21)20-15-8-4-3-7-14(15)18/h2-9,13H,10H2,1H3,(H,20,21)/t13-/m0/s1. The van der Waals surface area contributed by atoms with Crippen LogP contribution in [0.1, 0.15) is 5.56 Å². The highest BCUT2D eigenvalue weighted by Gasteiger charge is 2.21. The van der Waals surface area contributed by atoms with Crippen LogP contribution in [0, 0.1) is 23.1 Å². The van der Waals surface area contributed by atoms with E-state index in [9.17, 15) is 14.4 Å². The van der Waals surface area contributed by atoms with Gasteiger partial charge >= 0.3 is 0 Å². The number of hydrogen-bond donors (Lipinski definition) is 1. The molecule has 0 aliphatic rings. The highest BCUT2D eigenvalue weighted by Crippen LogP contribution is 2.22. The Bertz CT molecular complexity index is 710. The van der Waals surface area contributed by atoms with Gasteiger partial charge in [-0.15, -0.1) is 0 Å². The van der Waals surface area contributed by atoms with Crippen LogP contribution in [0.3, 0.4) is 0 Å². The normalized spacial score (nSPS) is 11.3. The zero-order valence-corrected chi connectivity index (χ0v) is 12.0. The van der Waals surface area contributed by atoms with E-state index in [1.54, 1.807) is 24.3 Å². The van der Waals surface area contributed by atoms with Crippen LogP contribution in [0.15, 0.2) is 48.5 Å². The Hall–Kier alpha value is -2.87. The minimum atomic E-state index is -0.934. The lowest BCUT2D eigenvalue weighted by Gasteiger charge is -2.13. The van der Waals surface area contributed by atoms with Gasteiger partial charge in [0.2, 0.25) is 5.91 Å². The lowest BCUT2D eigenvalue weighted by molar-refractivity contribution is -0.118. The zero-order chi connectivity index (χ0) is 15.9. The van der Waals surface area contributed by atoms with Crippen molar-refractivity contribution in [2.24, 2.45) is 5.92 Å². The Morgan fingerprint density at radius 3 is 2.64 bits per heavy atom. The van der Waals surface area contributed by atoms with Gasteiger partial charge in [-0.25, -0.2) is 4.39 Å². The maximum absolute atomic E-state index is 13.5. The van der Waals surface area contributed by atoms with Crippen molar-refractivity contribution in [2.75, 3.05) is 12.4 Å². The third-order valence-electron chi connectivity index (χ3n) is 3.22. The third kappa shape index (κ3) is 3.61. The highest BCUT2D eigenvalue weighted by molar-refractivity contribution is 5.94. The topological polar surface area (TPSA) is 62.1 Å². The van der Waals surface area contributed by atoms with Gasteiger partial charge in [0.25, 0.3) is 0 Å². The summed E-state index contributed by atoms with van der Waals surface area (Å²) in [4.78, 5) is 12.2. The van der Waals surface area contributed by atoms with Crippen LogP contribution >= 0.6 is 0 Å². The molecule has 2 rings (SSSR count). The number of para-hydroxylation sites is 2. The van der Waals surface area contributed by atoms with Gasteiger partial charge in [0, 0.05) is 6.42 Å². The molecule has 1 N–H and O–H groups in total. The summed E-state index contributed by atoms with van der Waals surface area (Å²) in [5.74, 6) is -1.40. The number of ether oxygens (including phenoxy) is 1. The van der Waals surface area contributed by atoms with Gasteiger partial charge in [0.15, 0.2) is 0 Å². The van der Waals surface area contributed by atoms with Gasteiger partial charge < -0.3 is 10.1 Å². The van der Waals surface area contributed by atoms with E-state index in [-0.39, 0.29) is 12.1 Å². The fourth-order valence-electron chi connectivity index (χ4n) is 2.07. The van der Waals surface area contributed by atoms with Crippen molar-refractivity contribution in [3.05, 3.63) is 59.9 Å². The largest absolute Gasteiger partial charge is 0.496 e. The minimum absolute atomic E-state index is 0.0628. The second-order valence-corrected chi connectivity index (χ2v) is 4.67. The Balaban J connectivity index is 2.13. The molecule has 0 saturated heterocycles. The molecule has 2 aromatic carbocycles.